The number of carbonyl (C=O) groups is 1. The van der Waals surface area contributed by atoms with Crippen molar-refractivity contribution in [3.63, 3.8) is 0 Å². The molecule has 0 N–H and O–H groups in total. The molecule has 0 aliphatic carbocycles. The number of rotatable bonds is 3. The number of hydrogen-bond acceptors (Lipinski definition) is 4. The van der Waals surface area contributed by atoms with E-state index in [4.69, 9.17) is 4.52 Å². The Labute approximate surface area is 99.7 Å². The normalized spacial score (nSPS) is 12.4. The minimum absolute atomic E-state index is 0.0177. The third kappa shape index (κ3) is 2.41. The van der Waals surface area contributed by atoms with Crippen LogP contribution in [0.5, 0.6) is 0 Å². The Morgan fingerprint density at radius 2 is 1.94 bits per heavy atom. The highest BCUT2D eigenvalue weighted by molar-refractivity contribution is 5.81. The molecule has 0 saturated carbocycles. The largest absolute Gasteiger partial charge is 0.338 e. The van der Waals surface area contributed by atoms with Gasteiger partial charge in [0.2, 0.25) is 11.7 Å². The number of benzene rings is 1. The van der Waals surface area contributed by atoms with E-state index in [-0.39, 0.29) is 11.7 Å². The smallest absolute Gasteiger partial charge is 0.237 e. The van der Waals surface area contributed by atoms with Crippen LogP contribution in [0.3, 0.4) is 0 Å². The first kappa shape index (κ1) is 11.5. The molecule has 0 fully saturated rings. The SMILES string of the molecule is CC(=O)C(C)c1nc(-c2ccc(C)cc2)no1. The quantitative estimate of drug-likeness (QED) is 0.813. The van der Waals surface area contributed by atoms with E-state index in [1.165, 1.54) is 12.5 Å². The van der Waals surface area contributed by atoms with Crippen LogP contribution < -0.4 is 0 Å². The van der Waals surface area contributed by atoms with E-state index in [1.54, 1.807) is 6.92 Å². The van der Waals surface area contributed by atoms with Crippen LogP contribution in [0.25, 0.3) is 11.4 Å². The van der Waals surface area contributed by atoms with Crippen molar-refractivity contribution in [2.24, 2.45) is 0 Å². The Morgan fingerprint density at radius 1 is 1.29 bits per heavy atom. The molecule has 0 saturated heterocycles. The summed E-state index contributed by atoms with van der Waals surface area (Å²) in [4.78, 5) is 15.4. The van der Waals surface area contributed by atoms with Crippen molar-refractivity contribution >= 4 is 5.78 Å². The van der Waals surface area contributed by atoms with Gasteiger partial charge in [-0.15, -0.1) is 0 Å². The Bertz CT molecular complexity index is 529. The predicted octanol–water partition coefficient (Wildman–Crippen LogP) is 2.74. The molecule has 2 rings (SSSR count). The summed E-state index contributed by atoms with van der Waals surface area (Å²) in [5, 5.41) is 3.88. The molecule has 2 aromatic rings. The Kier molecular flexibility index (Phi) is 3.04. The first-order valence-corrected chi connectivity index (χ1v) is 5.49. The van der Waals surface area contributed by atoms with Crippen LogP contribution in [0.1, 0.15) is 31.2 Å². The van der Waals surface area contributed by atoms with Gasteiger partial charge in [-0.05, 0) is 20.8 Å². The molecule has 1 heterocycles. The van der Waals surface area contributed by atoms with E-state index >= 15 is 0 Å². The average Bonchev–Trinajstić information content (AvgIpc) is 2.78. The van der Waals surface area contributed by atoms with Crippen LogP contribution >= 0.6 is 0 Å². The lowest BCUT2D eigenvalue weighted by Gasteiger charge is -1.98. The van der Waals surface area contributed by atoms with Crippen molar-refractivity contribution in [1.29, 1.82) is 0 Å². The van der Waals surface area contributed by atoms with Crippen molar-refractivity contribution < 1.29 is 9.32 Å². The standard InChI is InChI=1S/C13H14N2O2/c1-8-4-6-11(7-5-8)12-14-13(17-15-12)9(2)10(3)16/h4-7,9H,1-3H3. The topological polar surface area (TPSA) is 56.0 Å². The Morgan fingerprint density at radius 3 is 2.53 bits per heavy atom. The lowest BCUT2D eigenvalue weighted by Crippen LogP contribution is -2.04. The highest BCUT2D eigenvalue weighted by Crippen LogP contribution is 2.20. The molecular formula is C13H14N2O2. The lowest BCUT2D eigenvalue weighted by molar-refractivity contribution is -0.118. The van der Waals surface area contributed by atoms with Gasteiger partial charge in [0, 0.05) is 5.56 Å². The zero-order valence-corrected chi connectivity index (χ0v) is 10.1. The fourth-order valence-electron chi connectivity index (χ4n) is 1.40. The molecule has 0 spiro atoms. The van der Waals surface area contributed by atoms with Gasteiger partial charge in [-0.25, -0.2) is 0 Å². The highest BCUT2D eigenvalue weighted by atomic mass is 16.5. The third-order valence-electron chi connectivity index (χ3n) is 2.73. The van der Waals surface area contributed by atoms with E-state index < -0.39 is 0 Å². The van der Waals surface area contributed by atoms with Gasteiger partial charge in [-0.3, -0.25) is 4.79 Å². The minimum Gasteiger partial charge on any atom is -0.338 e. The van der Waals surface area contributed by atoms with Gasteiger partial charge in [-0.1, -0.05) is 35.0 Å². The zero-order valence-electron chi connectivity index (χ0n) is 10.1. The fourth-order valence-corrected chi connectivity index (χ4v) is 1.40. The van der Waals surface area contributed by atoms with Gasteiger partial charge in [-0.2, -0.15) is 4.98 Å². The van der Waals surface area contributed by atoms with Gasteiger partial charge in [0.15, 0.2) is 0 Å². The molecule has 0 aliphatic heterocycles. The summed E-state index contributed by atoms with van der Waals surface area (Å²) in [6.07, 6.45) is 0. The van der Waals surface area contributed by atoms with Crippen molar-refractivity contribution in [2.75, 3.05) is 0 Å². The van der Waals surface area contributed by atoms with Crippen LogP contribution in [0, 0.1) is 6.92 Å². The van der Waals surface area contributed by atoms with Gasteiger partial charge < -0.3 is 4.52 Å². The summed E-state index contributed by atoms with van der Waals surface area (Å²) < 4.78 is 5.09. The molecule has 0 radical (unpaired) electrons. The predicted molar refractivity (Wildman–Crippen MR) is 63.6 cm³/mol. The Balaban J connectivity index is 2.29. The maximum absolute atomic E-state index is 11.2. The second-order valence-electron chi connectivity index (χ2n) is 4.15. The van der Waals surface area contributed by atoms with Gasteiger partial charge in [0.25, 0.3) is 0 Å². The Hall–Kier alpha value is -1.97. The first-order chi connectivity index (χ1) is 8.08. The monoisotopic (exact) mass is 230 g/mol. The lowest BCUT2D eigenvalue weighted by atomic mass is 10.1. The number of Topliss-reactive ketones (excluding diaryl/α,β-unsaturated/α-hetero) is 1. The van der Waals surface area contributed by atoms with E-state index in [1.807, 2.05) is 31.2 Å². The van der Waals surface area contributed by atoms with Crippen LogP contribution in [-0.2, 0) is 4.79 Å². The van der Waals surface area contributed by atoms with Gasteiger partial charge in [0.05, 0.1) is 5.92 Å². The third-order valence-corrected chi connectivity index (χ3v) is 2.73. The molecular weight excluding hydrogens is 216 g/mol. The molecule has 17 heavy (non-hydrogen) atoms. The van der Waals surface area contributed by atoms with E-state index in [0.717, 1.165) is 5.56 Å². The number of hydrogen-bond donors (Lipinski definition) is 0. The molecule has 0 amide bonds. The number of aromatic nitrogens is 2. The summed E-state index contributed by atoms with van der Waals surface area (Å²) in [5.74, 6) is 0.562. The van der Waals surface area contributed by atoms with Gasteiger partial charge >= 0.3 is 0 Å². The molecule has 1 aromatic carbocycles. The fraction of sp³-hybridized carbons (Fsp3) is 0.308. The minimum atomic E-state index is -0.346. The molecule has 0 bridgehead atoms. The number of ketones is 1. The van der Waals surface area contributed by atoms with Crippen molar-refractivity contribution in [3.05, 3.63) is 35.7 Å². The van der Waals surface area contributed by atoms with Crippen LogP contribution in [0.2, 0.25) is 0 Å². The first-order valence-electron chi connectivity index (χ1n) is 5.49. The summed E-state index contributed by atoms with van der Waals surface area (Å²) in [6, 6.07) is 7.84. The second-order valence-corrected chi connectivity index (χ2v) is 4.15. The molecule has 4 nitrogen and oxygen atoms in total. The molecule has 4 heteroatoms. The number of aryl methyl sites for hydroxylation is 1. The van der Waals surface area contributed by atoms with Gasteiger partial charge in [0.1, 0.15) is 5.78 Å². The van der Waals surface area contributed by atoms with E-state index in [9.17, 15) is 4.79 Å². The van der Waals surface area contributed by atoms with Crippen molar-refractivity contribution in [1.82, 2.24) is 10.1 Å². The molecule has 0 aliphatic rings. The van der Waals surface area contributed by atoms with E-state index in [0.29, 0.717) is 11.7 Å². The average molecular weight is 230 g/mol. The summed E-state index contributed by atoms with van der Waals surface area (Å²) in [6.45, 7) is 5.29. The summed E-state index contributed by atoms with van der Waals surface area (Å²) >= 11 is 0. The summed E-state index contributed by atoms with van der Waals surface area (Å²) in [7, 11) is 0. The number of carbonyl (C=O) groups excluding carboxylic acids is 1. The summed E-state index contributed by atoms with van der Waals surface area (Å²) in [5.41, 5.74) is 2.07. The molecule has 88 valence electrons. The molecule has 1 aromatic heterocycles. The molecule has 1 unspecified atom stereocenters. The number of nitrogens with zero attached hydrogens (tertiary/aromatic N) is 2. The second kappa shape index (κ2) is 4.49. The van der Waals surface area contributed by atoms with Crippen molar-refractivity contribution in [3.8, 4) is 11.4 Å². The van der Waals surface area contributed by atoms with E-state index in [2.05, 4.69) is 10.1 Å². The van der Waals surface area contributed by atoms with Crippen molar-refractivity contribution in [2.45, 2.75) is 26.7 Å². The molecule has 1 atom stereocenters. The maximum atomic E-state index is 11.2. The maximum Gasteiger partial charge on any atom is 0.237 e. The van der Waals surface area contributed by atoms with Crippen LogP contribution in [0.15, 0.2) is 28.8 Å². The van der Waals surface area contributed by atoms with Crippen LogP contribution in [-0.4, -0.2) is 15.9 Å². The highest BCUT2D eigenvalue weighted by Gasteiger charge is 2.18. The van der Waals surface area contributed by atoms with Crippen LogP contribution in [0.4, 0.5) is 0 Å². The zero-order chi connectivity index (χ0) is 12.4.